The molecule has 0 bridgehead atoms. The van der Waals surface area contributed by atoms with Crippen molar-refractivity contribution in [1.29, 1.82) is 0 Å². The summed E-state index contributed by atoms with van der Waals surface area (Å²) in [5.41, 5.74) is 6.12. The van der Waals surface area contributed by atoms with Crippen molar-refractivity contribution in [3.8, 4) is 5.75 Å². The van der Waals surface area contributed by atoms with Gasteiger partial charge in [-0.15, -0.1) is 0 Å². The molecule has 0 heterocycles. The zero-order valence-electron chi connectivity index (χ0n) is 15.4. The molecular weight excluding hydrogens is 349 g/mol. The molecule has 0 aliphatic rings. The Kier molecular flexibility index (Phi) is 7.61. The van der Waals surface area contributed by atoms with E-state index in [0.717, 1.165) is 11.3 Å². The van der Waals surface area contributed by atoms with Gasteiger partial charge in [-0.2, -0.15) is 0 Å². The van der Waals surface area contributed by atoms with Crippen molar-refractivity contribution in [3.63, 3.8) is 0 Å². The monoisotopic (exact) mass is 373 g/mol. The van der Waals surface area contributed by atoms with Crippen molar-refractivity contribution >= 4 is 11.9 Å². The summed E-state index contributed by atoms with van der Waals surface area (Å²) in [5, 5.41) is 2.65. The number of ether oxygens (including phenoxy) is 1. The molecule has 6 nitrogen and oxygen atoms in total. The van der Waals surface area contributed by atoms with Gasteiger partial charge in [0.25, 0.3) is 0 Å². The van der Waals surface area contributed by atoms with Crippen LogP contribution in [-0.2, 0) is 17.8 Å². The Morgan fingerprint density at radius 1 is 1.04 bits per heavy atom. The maximum atomic E-state index is 12.8. The lowest BCUT2D eigenvalue weighted by Crippen LogP contribution is -2.47. The largest absolute Gasteiger partial charge is 0.493 e. The van der Waals surface area contributed by atoms with Crippen LogP contribution in [0.25, 0.3) is 0 Å². The molecule has 27 heavy (non-hydrogen) atoms. The summed E-state index contributed by atoms with van der Waals surface area (Å²) in [6.07, 6.45) is 0.0375. The minimum atomic E-state index is -0.532. The van der Waals surface area contributed by atoms with E-state index in [1.54, 1.807) is 0 Å². The Bertz CT molecular complexity index is 763. The summed E-state index contributed by atoms with van der Waals surface area (Å²) in [6, 6.07) is 12.5. The molecule has 7 heteroatoms. The van der Waals surface area contributed by atoms with Crippen molar-refractivity contribution in [1.82, 2.24) is 16.2 Å². The number of amides is 3. The molecule has 0 aliphatic carbocycles. The van der Waals surface area contributed by atoms with Gasteiger partial charge in [0.05, 0.1) is 13.0 Å². The number of halogens is 1. The van der Waals surface area contributed by atoms with E-state index in [4.69, 9.17) is 4.74 Å². The minimum absolute atomic E-state index is 0.0375. The molecule has 0 fully saturated rings. The van der Waals surface area contributed by atoms with Gasteiger partial charge in [-0.25, -0.2) is 14.6 Å². The van der Waals surface area contributed by atoms with Crippen LogP contribution in [0.15, 0.2) is 48.5 Å². The van der Waals surface area contributed by atoms with E-state index in [1.807, 2.05) is 24.3 Å². The van der Waals surface area contributed by atoms with Crippen LogP contribution in [0.3, 0.4) is 0 Å². The predicted octanol–water partition coefficient (Wildman–Crippen LogP) is 2.93. The lowest BCUT2D eigenvalue weighted by atomic mass is 10.1. The highest BCUT2D eigenvalue weighted by atomic mass is 19.1. The fourth-order valence-corrected chi connectivity index (χ4v) is 2.19. The van der Waals surface area contributed by atoms with Crippen LogP contribution in [0.2, 0.25) is 0 Å². The van der Waals surface area contributed by atoms with E-state index in [2.05, 4.69) is 30.0 Å². The van der Waals surface area contributed by atoms with Crippen LogP contribution in [0, 0.1) is 11.7 Å². The zero-order valence-corrected chi connectivity index (χ0v) is 15.4. The highest BCUT2D eigenvalue weighted by molar-refractivity contribution is 5.82. The fraction of sp³-hybridized carbons (Fsp3) is 0.300. The topological polar surface area (TPSA) is 79.5 Å². The van der Waals surface area contributed by atoms with Gasteiger partial charge in [0.2, 0.25) is 5.91 Å². The summed E-state index contributed by atoms with van der Waals surface area (Å²) in [4.78, 5) is 23.6. The molecule has 144 valence electrons. The molecule has 0 atom stereocenters. The minimum Gasteiger partial charge on any atom is -0.493 e. The van der Waals surface area contributed by atoms with E-state index in [0.29, 0.717) is 24.6 Å². The van der Waals surface area contributed by atoms with Crippen LogP contribution in [0.4, 0.5) is 9.18 Å². The summed E-state index contributed by atoms with van der Waals surface area (Å²) in [6.45, 7) is 5.05. The first kappa shape index (κ1) is 20.2. The van der Waals surface area contributed by atoms with Gasteiger partial charge in [0.15, 0.2) is 0 Å². The second kappa shape index (κ2) is 10.2. The molecule has 0 saturated heterocycles. The molecule has 3 N–H and O–H groups in total. The molecule has 2 aromatic carbocycles. The maximum absolute atomic E-state index is 12.8. The molecular formula is C20H24FN3O3. The van der Waals surface area contributed by atoms with E-state index in [9.17, 15) is 14.0 Å². The van der Waals surface area contributed by atoms with Gasteiger partial charge in [-0.1, -0.05) is 38.1 Å². The first-order valence-corrected chi connectivity index (χ1v) is 8.71. The Labute approximate surface area is 158 Å². The highest BCUT2D eigenvalue weighted by Crippen LogP contribution is 2.14. The summed E-state index contributed by atoms with van der Waals surface area (Å²) >= 11 is 0. The average molecular weight is 373 g/mol. The van der Waals surface area contributed by atoms with E-state index >= 15 is 0 Å². The first-order valence-electron chi connectivity index (χ1n) is 8.71. The van der Waals surface area contributed by atoms with Crippen molar-refractivity contribution < 1.29 is 18.7 Å². The number of hydrogen-bond acceptors (Lipinski definition) is 3. The number of hydrogen-bond donors (Lipinski definition) is 3. The van der Waals surface area contributed by atoms with Gasteiger partial charge in [-0.05, 0) is 41.3 Å². The molecule has 0 aliphatic heterocycles. The molecule has 3 amide bonds. The smallest absolute Gasteiger partial charge is 0.333 e. The van der Waals surface area contributed by atoms with Gasteiger partial charge in [-0.3, -0.25) is 10.2 Å². The van der Waals surface area contributed by atoms with Gasteiger partial charge < -0.3 is 10.1 Å². The van der Waals surface area contributed by atoms with Crippen molar-refractivity contribution in [2.75, 3.05) is 6.61 Å². The SMILES string of the molecule is CC(C)COc1cccc(CNC(=O)NNC(=O)Cc2ccc(F)cc2)c1. The fourth-order valence-electron chi connectivity index (χ4n) is 2.19. The molecule has 0 spiro atoms. The highest BCUT2D eigenvalue weighted by Gasteiger charge is 2.06. The maximum Gasteiger partial charge on any atom is 0.333 e. The van der Waals surface area contributed by atoms with Crippen molar-refractivity contribution in [3.05, 3.63) is 65.5 Å². The number of rotatable bonds is 7. The van der Waals surface area contributed by atoms with Crippen LogP contribution < -0.4 is 20.9 Å². The van der Waals surface area contributed by atoms with Gasteiger partial charge in [0.1, 0.15) is 11.6 Å². The number of hydrazine groups is 1. The zero-order chi connectivity index (χ0) is 19.6. The number of urea groups is 1. The van der Waals surface area contributed by atoms with Gasteiger partial charge >= 0.3 is 6.03 Å². The molecule has 0 radical (unpaired) electrons. The molecule has 0 unspecified atom stereocenters. The quantitative estimate of drug-likeness (QED) is 0.653. The number of carbonyl (C=O) groups excluding carboxylic acids is 2. The molecule has 2 aromatic rings. The second-order valence-electron chi connectivity index (χ2n) is 6.51. The Hall–Kier alpha value is -3.09. The van der Waals surface area contributed by atoms with Gasteiger partial charge in [0, 0.05) is 6.54 Å². The second-order valence-corrected chi connectivity index (χ2v) is 6.51. The third-order valence-electron chi connectivity index (χ3n) is 3.53. The molecule has 0 saturated carbocycles. The summed E-state index contributed by atoms with van der Waals surface area (Å²) < 4.78 is 18.5. The number of nitrogens with one attached hydrogen (secondary N) is 3. The standard InChI is InChI=1S/C20H24FN3O3/c1-14(2)13-27-18-5-3-4-16(10-18)12-22-20(26)24-23-19(25)11-15-6-8-17(21)9-7-15/h3-10,14H,11-13H2,1-2H3,(H,23,25)(H2,22,24,26). The third-order valence-corrected chi connectivity index (χ3v) is 3.53. The van der Waals surface area contributed by atoms with Crippen LogP contribution >= 0.6 is 0 Å². The average Bonchev–Trinajstić information content (AvgIpc) is 2.65. The number of benzene rings is 2. The van der Waals surface area contributed by atoms with Crippen molar-refractivity contribution in [2.24, 2.45) is 5.92 Å². The van der Waals surface area contributed by atoms with Crippen LogP contribution in [-0.4, -0.2) is 18.5 Å². The predicted molar refractivity (Wildman–Crippen MR) is 100 cm³/mol. The molecule has 0 aromatic heterocycles. The summed E-state index contributed by atoms with van der Waals surface area (Å²) in [7, 11) is 0. The lowest BCUT2D eigenvalue weighted by Gasteiger charge is -2.11. The normalized spacial score (nSPS) is 10.4. The van der Waals surface area contributed by atoms with E-state index in [1.165, 1.54) is 24.3 Å². The first-order chi connectivity index (χ1) is 12.9. The number of carbonyl (C=O) groups is 2. The Morgan fingerprint density at radius 3 is 2.48 bits per heavy atom. The molecule has 2 rings (SSSR count). The lowest BCUT2D eigenvalue weighted by molar-refractivity contribution is -0.121. The Morgan fingerprint density at radius 2 is 1.78 bits per heavy atom. The van der Waals surface area contributed by atoms with E-state index < -0.39 is 11.9 Å². The van der Waals surface area contributed by atoms with Crippen LogP contribution in [0.1, 0.15) is 25.0 Å². The third kappa shape index (κ3) is 7.77. The van der Waals surface area contributed by atoms with Crippen molar-refractivity contribution in [2.45, 2.75) is 26.8 Å². The van der Waals surface area contributed by atoms with Crippen LogP contribution in [0.5, 0.6) is 5.75 Å². The van der Waals surface area contributed by atoms with E-state index in [-0.39, 0.29) is 12.2 Å². The summed E-state index contributed by atoms with van der Waals surface area (Å²) in [5.74, 6) is 0.406. The Balaban J connectivity index is 1.72.